The molecule has 1 aromatic heterocycles. The number of carbonyl (C=O) groups excluding carboxylic acids is 1. The number of aryl methyl sites for hydroxylation is 1. The molecule has 0 spiro atoms. The number of carbonyl (C=O) groups is 1. The number of anilines is 1. The van der Waals surface area contributed by atoms with Gasteiger partial charge in [0, 0.05) is 0 Å². The molecular formula is C13H15IN2O3S2. The first-order valence-corrected chi connectivity index (χ1v) is 12.9. The van der Waals surface area contributed by atoms with Gasteiger partial charge in [0.2, 0.25) is 0 Å². The first-order valence-electron chi connectivity index (χ1n) is 5.91. The van der Waals surface area contributed by atoms with E-state index in [1.807, 2.05) is 11.9 Å². The van der Waals surface area contributed by atoms with Crippen LogP contribution in [0.5, 0.6) is 0 Å². The van der Waals surface area contributed by atoms with Gasteiger partial charge >= 0.3 is 135 Å². The molecule has 0 saturated carbocycles. The molecule has 8 heteroatoms. The Morgan fingerprint density at radius 3 is 2.38 bits per heavy atom. The van der Waals surface area contributed by atoms with Gasteiger partial charge in [-0.15, -0.1) is 0 Å². The number of amides is 1. The van der Waals surface area contributed by atoms with Crippen LogP contribution in [-0.2, 0) is 9.84 Å². The van der Waals surface area contributed by atoms with Crippen molar-refractivity contribution in [2.75, 3.05) is 16.5 Å². The van der Waals surface area contributed by atoms with Crippen molar-refractivity contribution in [1.29, 1.82) is 0 Å². The molecule has 1 amide bonds. The van der Waals surface area contributed by atoms with Gasteiger partial charge in [-0.05, 0) is 0 Å². The molecule has 0 saturated heterocycles. The number of benzene rings is 1. The van der Waals surface area contributed by atoms with E-state index in [0.29, 0.717) is 5.13 Å². The fourth-order valence-electron chi connectivity index (χ4n) is 1.54. The summed E-state index contributed by atoms with van der Waals surface area (Å²) in [5.41, 5.74) is 0. The van der Waals surface area contributed by atoms with Gasteiger partial charge in [0.05, 0.1) is 0 Å². The summed E-state index contributed by atoms with van der Waals surface area (Å²) >= 11 is -0.620. The third kappa shape index (κ3) is 4.24. The van der Waals surface area contributed by atoms with E-state index < -0.39 is 29.7 Å². The molecule has 0 aliphatic heterocycles. The summed E-state index contributed by atoms with van der Waals surface area (Å²) in [6.07, 6.45) is 2.89. The summed E-state index contributed by atoms with van der Waals surface area (Å²) in [4.78, 5) is 19.6. The quantitative estimate of drug-likeness (QED) is 0.344. The monoisotopic (exact) mass is 438 g/mol. The number of thiazole rings is 1. The van der Waals surface area contributed by atoms with Crippen molar-refractivity contribution >= 4 is 50.0 Å². The summed E-state index contributed by atoms with van der Waals surface area (Å²) in [6, 6.07) is 6.57. The molecule has 114 valence electrons. The van der Waals surface area contributed by atoms with Crippen LogP contribution in [0.15, 0.2) is 35.4 Å². The Balaban J connectivity index is 2.12. The van der Waals surface area contributed by atoms with Gasteiger partial charge in [0.1, 0.15) is 0 Å². The fourth-order valence-corrected chi connectivity index (χ4v) is 5.67. The van der Waals surface area contributed by atoms with Crippen molar-refractivity contribution in [2.45, 2.75) is 11.8 Å². The third-order valence-electron chi connectivity index (χ3n) is 2.65. The van der Waals surface area contributed by atoms with Crippen molar-refractivity contribution < 1.29 is 13.2 Å². The number of halogens is 1. The SMILES string of the molecule is Cc1cnc(NC(=O)I(C)c2ccc(S(C)(=O)=O)cc2)s1. The van der Waals surface area contributed by atoms with Gasteiger partial charge in [0.25, 0.3) is 0 Å². The minimum absolute atomic E-state index is 0.0133. The number of aromatic nitrogens is 1. The van der Waals surface area contributed by atoms with E-state index >= 15 is 0 Å². The van der Waals surface area contributed by atoms with Gasteiger partial charge < -0.3 is 0 Å². The minimum atomic E-state index is -3.20. The maximum atomic E-state index is 12.2. The van der Waals surface area contributed by atoms with Crippen molar-refractivity contribution in [3.8, 4) is 0 Å². The Kier molecular flexibility index (Phi) is 4.99. The Hall–Kier alpha value is -1.00. The predicted molar refractivity (Wildman–Crippen MR) is 94.1 cm³/mol. The van der Waals surface area contributed by atoms with E-state index in [0.717, 1.165) is 8.45 Å². The average Bonchev–Trinajstić information content (AvgIpc) is 2.82. The number of nitrogens with one attached hydrogen (secondary N) is 1. The van der Waals surface area contributed by atoms with E-state index in [1.165, 1.54) is 17.6 Å². The molecule has 2 rings (SSSR count). The second-order valence-corrected chi connectivity index (χ2v) is 12.5. The number of sulfone groups is 1. The second-order valence-electron chi connectivity index (χ2n) is 4.37. The molecule has 0 bridgehead atoms. The van der Waals surface area contributed by atoms with Crippen molar-refractivity contribution in [3.05, 3.63) is 38.9 Å². The number of rotatable bonds is 4. The number of hydrogen-bond acceptors (Lipinski definition) is 5. The van der Waals surface area contributed by atoms with E-state index in [4.69, 9.17) is 0 Å². The van der Waals surface area contributed by atoms with Crippen molar-refractivity contribution in [3.63, 3.8) is 0 Å². The van der Waals surface area contributed by atoms with E-state index in [1.54, 1.807) is 30.5 Å². The molecular weight excluding hydrogens is 423 g/mol. The molecule has 1 heterocycles. The van der Waals surface area contributed by atoms with Gasteiger partial charge in [-0.1, -0.05) is 0 Å². The molecule has 0 aliphatic carbocycles. The summed E-state index contributed by atoms with van der Waals surface area (Å²) in [6.45, 7) is 1.93. The molecule has 21 heavy (non-hydrogen) atoms. The molecule has 5 nitrogen and oxygen atoms in total. The zero-order chi connectivity index (χ0) is 15.6. The molecule has 0 unspecified atom stereocenters. The predicted octanol–water partition coefficient (Wildman–Crippen LogP) is 3.39. The van der Waals surface area contributed by atoms with Crippen LogP contribution in [0.2, 0.25) is 0 Å². The van der Waals surface area contributed by atoms with E-state index in [9.17, 15) is 13.2 Å². The standard InChI is InChI=1S/C13H15IN2O3S2/c1-9-8-15-13(20-9)16-12(17)14(2)10-4-6-11(7-5-10)21(3,18)19/h4-8H,1-3H3,(H,15,16,17). The first kappa shape index (κ1) is 16.4. The Bertz CT molecular complexity index is 754. The van der Waals surface area contributed by atoms with Gasteiger partial charge in [0.15, 0.2) is 0 Å². The maximum absolute atomic E-state index is 12.2. The number of nitrogens with zero attached hydrogens (tertiary/aromatic N) is 1. The van der Waals surface area contributed by atoms with Crippen molar-refractivity contribution in [2.24, 2.45) is 0 Å². The number of hydrogen-bond donors (Lipinski definition) is 1. The molecule has 0 radical (unpaired) electrons. The van der Waals surface area contributed by atoms with Crippen LogP contribution in [-0.4, -0.2) is 28.5 Å². The van der Waals surface area contributed by atoms with Crippen LogP contribution in [0.25, 0.3) is 0 Å². The summed E-state index contributed by atoms with van der Waals surface area (Å²) in [7, 11) is -3.20. The molecule has 1 N–H and O–H groups in total. The van der Waals surface area contributed by atoms with Crippen molar-refractivity contribution in [1.82, 2.24) is 4.98 Å². The number of alkyl halides is 1. The van der Waals surface area contributed by atoms with Gasteiger partial charge in [-0.25, -0.2) is 0 Å². The topological polar surface area (TPSA) is 76.1 Å². The summed E-state index contributed by atoms with van der Waals surface area (Å²) in [5, 5.41) is 3.43. The molecule has 2 aromatic rings. The van der Waals surface area contributed by atoms with Crippen LogP contribution in [0.4, 0.5) is 9.93 Å². The zero-order valence-corrected chi connectivity index (χ0v) is 15.5. The van der Waals surface area contributed by atoms with Crippen LogP contribution in [0, 0.1) is 10.5 Å². The van der Waals surface area contributed by atoms with Crippen LogP contribution < -0.4 is 5.32 Å². The molecule has 0 aliphatic rings. The fraction of sp³-hybridized carbons (Fsp3) is 0.231. The van der Waals surface area contributed by atoms with Gasteiger partial charge in [-0.2, -0.15) is 0 Å². The second kappa shape index (κ2) is 6.41. The van der Waals surface area contributed by atoms with Crippen LogP contribution >= 0.6 is 31.2 Å². The van der Waals surface area contributed by atoms with E-state index in [2.05, 4.69) is 10.3 Å². The summed E-state index contributed by atoms with van der Waals surface area (Å²) < 4.78 is 23.7. The first-order chi connectivity index (χ1) is 9.77. The normalized spacial score (nSPS) is 12.0. The van der Waals surface area contributed by atoms with Gasteiger partial charge in [-0.3, -0.25) is 0 Å². The molecule has 1 aromatic carbocycles. The van der Waals surface area contributed by atoms with E-state index in [-0.39, 0.29) is 8.81 Å². The summed E-state index contributed by atoms with van der Waals surface area (Å²) in [5.74, 6) is 0. The Morgan fingerprint density at radius 1 is 1.29 bits per heavy atom. The molecule has 0 fully saturated rings. The Morgan fingerprint density at radius 2 is 1.90 bits per heavy atom. The molecule has 0 atom stereocenters. The van der Waals surface area contributed by atoms with Crippen LogP contribution in [0.3, 0.4) is 0 Å². The third-order valence-corrected chi connectivity index (χ3v) is 8.94. The average molecular weight is 438 g/mol. The van der Waals surface area contributed by atoms with Crippen LogP contribution in [0.1, 0.15) is 4.88 Å². The Labute approximate surface area is 135 Å². The zero-order valence-electron chi connectivity index (χ0n) is 11.8.